The zero-order valence-electron chi connectivity index (χ0n) is 10.6. The van der Waals surface area contributed by atoms with Crippen molar-refractivity contribution in [2.75, 3.05) is 13.7 Å². The van der Waals surface area contributed by atoms with E-state index in [-0.39, 0.29) is 11.5 Å². The van der Waals surface area contributed by atoms with Crippen LogP contribution in [0.25, 0.3) is 0 Å². The average Bonchev–Trinajstić information content (AvgIpc) is 2.30. The van der Waals surface area contributed by atoms with Gasteiger partial charge in [-0.1, -0.05) is 12.1 Å². The van der Waals surface area contributed by atoms with Crippen molar-refractivity contribution in [2.24, 2.45) is 0 Å². The molecule has 94 valence electrons. The van der Waals surface area contributed by atoms with Gasteiger partial charge in [0.2, 0.25) is 0 Å². The van der Waals surface area contributed by atoms with Crippen LogP contribution in [0, 0.1) is 6.92 Å². The highest BCUT2D eigenvalue weighted by atomic mass is 79.9. The van der Waals surface area contributed by atoms with E-state index in [0.717, 1.165) is 10.0 Å². The van der Waals surface area contributed by atoms with Gasteiger partial charge in [-0.3, -0.25) is 4.79 Å². The fourth-order valence-corrected chi connectivity index (χ4v) is 1.73. The Labute approximate surface area is 111 Å². The number of carbonyl (C=O) groups is 1. The Morgan fingerprint density at radius 1 is 1.47 bits per heavy atom. The van der Waals surface area contributed by atoms with Gasteiger partial charge in [0.15, 0.2) is 0 Å². The Hall–Kier alpha value is -0.870. The van der Waals surface area contributed by atoms with E-state index >= 15 is 0 Å². The van der Waals surface area contributed by atoms with E-state index in [9.17, 15) is 4.79 Å². The van der Waals surface area contributed by atoms with Gasteiger partial charge in [-0.2, -0.15) is 0 Å². The Balaban J connectivity index is 2.74. The summed E-state index contributed by atoms with van der Waals surface area (Å²) in [4.78, 5) is 12.0. The topological polar surface area (TPSA) is 38.3 Å². The van der Waals surface area contributed by atoms with Gasteiger partial charge in [-0.25, -0.2) is 0 Å². The van der Waals surface area contributed by atoms with E-state index in [2.05, 4.69) is 21.2 Å². The molecule has 0 saturated heterocycles. The first kappa shape index (κ1) is 14.2. The lowest BCUT2D eigenvalue weighted by Gasteiger charge is -2.23. The van der Waals surface area contributed by atoms with Gasteiger partial charge in [0.1, 0.15) is 0 Å². The molecule has 0 atom stereocenters. The van der Waals surface area contributed by atoms with Crippen molar-refractivity contribution < 1.29 is 9.53 Å². The number of ether oxygens (including phenoxy) is 1. The van der Waals surface area contributed by atoms with Crippen LogP contribution >= 0.6 is 15.9 Å². The lowest BCUT2D eigenvalue weighted by molar-refractivity contribution is 0.0228. The van der Waals surface area contributed by atoms with Gasteiger partial charge in [0.25, 0.3) is 5.91 Å². The standard InChI is InChI=1S/C13H18BrNO2/c1-9-6-5-7-10(11(9)14)12(16)15-8-13(2,3)17-4/h5-7H,8H2,1-4H3,(H,15,16). The Bertz CT molecular complexity index is 416. The molecular weight excluding hydrogens is 282 g/mol. The van der Waals surface area contributed by atoms with E-state index in [1.807, 2.05) is 32.9 Å². The van der Waals surface area contributed by atoms with Gasteiger partial charge in [-0.05, 0) is 48.3 Å². The maximum Gasteiger partial charge on any atom is 0.252 e. The number of carbonyl (C=O) groups excluding carboxylic acids is 1. The number of hydrogen-bond acceptors (Lipinski definition) is 2. The van der Waals surface area contributed by atoms with Crippen molar-refractivity contribution in [1.29, 1.82) is 0 Å². The van der Waals surface area contributed by atoms with Gasteiger partial charge in [0, 0.05) is 18.1 Å². The zero-order valence-corrected chi connectivity index (χ0v) is 12.2. The summed E-state index contributed by atoms with van der Waals surface area (Å²) in [7, 11) is 1.63. The third-order valence-electron chi connectivity index (χ3n) is 2.66. The van der Waals surface area contributed by atoms with E-state index in [4.69, 9.17) is 4.74 Å². The molecule has 3 nitrogen and oxygen atoms in total. The molecule has 0 radical (unpaired) electrons. The van der Waals surface area contributed by atoms with Crippen molar-refractivity contribution in [1.82, 2.24) is 5.32 Å². The molecule has 0 fully saturated rings. The van der Waals surface area contributed by atoms with E-state index < -0.39 is 0 Å². The molecule has 1 aromatic rings. The normalized spacial score (nSPS) is 11.4. The minimum Gasteiger partial charge on any atom is -0.377 e. The van der Waals surface area contributed by atoms with Gasteiger partial charge in [-0.15, -0.1) is 0 Å². The second-order valence-corrected chi connectivity index (χ2v) is 5.38. The lowest BCUT2D eigenvalue weighted by atomic mass is 10.1. The third-order valence-corrected chi connectivity index (χ3v) is 3.72. The maximum absolute atomic E-state index is 12.0. The molecule has 0 aromatic heterocycles. The van der Waals surface area contributed by atoms with Gasteiger partial charge >= 0.3 is 0 Å². The summed E-state index contributed by atoms with van der Waals surface area (Å²) in [6.45, 7) is 6.29. The first-order chi connectivity index (χ1) is 7.87. The zero-order chi connectivity index (χ0) is 13.1. The van der Waals surface area contributed by atoms with Crippen molar-refractivity contribution in [2.45, 2.75) is 26.4 Å². The average molecular weight is 300 g/mol. The van der Waals surface area contributed by atoms with Crippen LogP contribution in [0.3, 0.4) is 0 Å². The Morgan fingerprint density at radius 3 is 2.71 bits per heavy atom. The first-order valence-corrected chi connectivity index (χ1v) is 6.25. The highest BCUT2D eigenvalue weighted by Crippen LogP contribution is 2.21. The number of methoxy groups -OCH3 is 1. The summed E-state index contributed by atoms with van der Waals surface area (Å²) in [6.07, 6.45) is 0. The van der Waals surface area contributed by atoms with Gasteiger partial charge in [0.05, 0.1) is 11.2 Å². The van der Waals surface area contributed by atoms with Crippen molar-refractivity contribution in [3.8, 4) is 0 Å². The Kier molecular flexibility index (Phi) is 4.71. The molecule has 0 aliphatic heterocycles. The fourth-order valence-electron chi connectivity index (χ4n) is 1.28. The molecule has 1 aromatic carbocycles. The summed E-state index contributed by atoms with van der Waals surface area (Å²) in [6, 6.07) is 5.63. The van der Waals surface area contributed by atoms with Gasteiger partial charge < -0.3 is 10.1 Å². The molecule has 0 spiro atoms. The fraction of sp³-hybridized carbons (Fsp3) is 0.462. The number of halogens is 1. The molecular formula is C13H18BrNO2. The summed E-state index contributed by atoms with van der Waals surface area (Å²) in [5.41, 5.74) is 1.34. The van der Waals surface area contributed by atoms with Crippen LogP contribution in [0.1, 0.15) is 29.8 Å². The van der Waals surface area contributed by atoms with Crippen LogP contribution in [-0.2, 0) is 4.74 Å². The second-order valence-electron chi connectivity index (χ2n) is 4.58. The number of amides is 1. The summed E-state index contributed by atoms with van der Waals surface area (Å²) in [5.74, 6) is -0.0919. The number of hydrogen-bond donors (Lipinski definition) is 1. The predicted molar refractivity (Wildman–Crippen MR) is 72.3 cm³/mol. The SMILES string of the molecule is COC(C)(C)CNC(=O)c1cccc(C)c1Br. The number of nitrogens with one attached hydrogen (secondary N) is 1. The molecule has 0 heterocycles. The van der Waals surface area contributed by atoms with Crippen molar-refractivity contribution in [3.63, 3.8) is 0 Å². The first-order valence-electron chi connectivity index (χ1n) is 5.46. The molecule has 17 heavy (non-hydrogen) atoms. The van der Waals surface area contributed by atoms with Crippen LogP contribution < -0.4 is 5.32 Å². The molecule has 1 amide bonds. The number of rotatable bonds is 4. The number of aryl methyl sites for hydroxylation is 1. The largest absolute Gasteiger partial charge is 0.377 e. The van der Waals surface area contributed by atoms with Crippen molar-refractivity contribution >= 4 is 21.8 Å². The molecule has 0 saturated carbocycles. The molecule has 1 rings (SSSR count). The molecule has 1 N–H and O–H groups in total. The predicted octanol–water partition coefficient (Wildman–Crippen LogP) is 2.91. The van der Waals surface area contributed by atoms with Crippen LogP contribution in [0.15, 0.2) is 22.7 Å². The molecule has 0 aliphatic rings. The second kappa shape index (κ2) is 5.65. The number of benzene rings is 1. The van der Waals surface area contributed by atoms with E-state index in [0.29, 0.717) is 12.1 Å². The third kappa shape index (κ3) is 3.82. The molecule has 0 unspecified atom stereocenters. The smallest absolute Gasteiger partial charge is 0.252 e. The highest BCUT2D eigenvalue weighted by Gasteiger charge is 2.19. The molecule has 4 heteroatoms. The van der Waals surface area contributed by atoms with Crippen molar-refractivity contribution in [3.05, 3.63) is 33.8 Å². The minimum absolute atomic E-state index is 0.0919. The summed E-state index contributed by atoms with van der Waals surface area (Å²) in [5, 5.41) is 2.86. The Morgan fingerprint density at radius 2 is 2.12 bits per heavy atom. The van der Waals surface area contributed by atoms with E-state index in [1.54, 1.807) is 13.2 Å². The summed E-state index contributed by atoms with van der Waals surface area (Å²) < 4.78 is 6.09. The lowest BCUT2D eigenvalue weighted by Crippen LogP contribution is -2.39. The quantitative estimate of drug-likeness (QED) is 0.928. The van der Waals surface area contributed by atoms with E-state index in [1.165, 1.54) is 0 Å². The van der Waals surface area contributed by atoms with Crippen LogP contribution in [0.5, 0.6) is 0 Å². The minimum atomic E-state index is -0.355. The molecule has 0 bridgehead atoms. The van der Waals surface area contributed by atoms with Crippen LogP contribution in [0.4, 0.5) is 0 Å². The molecule has 0 aliphatic carbocycles. The summed E-state index contributed by atoms with van der Waals surface area (Å²) >= 11 is 3.43. The maximum atomic E-state index is 12.0. The monoisotopic (exact) mass is 299 g/mol. The van der Waals surface area contributed by atoms with Crippen LogP contribution in [-0.4, -0.2) is 25.2 Å². The van der Waals surface area contributed by atoms with Crippen LogP contribution in [0.2, 0.25) is 0 Å². The highest BCUT2D eigenvalue weighted by molar-refractivity contribution is 9.10.